The second-order valence-corrected chi connectivity index (χ2v) is 3.88. The zero-order valence-corrected chi connectivity index (χ0v) is 9.89. The van der Waals surface area contributed by atoms with Gasteiger partial charge in [-0.2, -0.15) is 0 Å². The van der Waals surface area contributed by atoms with Gasteiger partial charge in [0.1, 0.15) is 0 Å². The highest BCUT2D eigenvalue weighted by molar-refractivity contribution is 5.95. The number of hydrogen-bond acceptors (Lipinski definition) is 3. The van der Waals surface area contributed by atoms with Crippen LogP contribution in [0.5, 0.6) is 0 Å². The van der Waals surface area contributed by atoms with Gasteiger partial charge in [-0.1, -0.05) is 24.3 Å². The van der Waals surface area contributed by atoms with Crippen molar-refractivity contribution in [2.45, 2.75) is 25.5 Å². The molecule has 4 heteroatoms. The van der Waals surface area contributed by atoms with E-state index in [9.17, 15) is 9.90 Å². The minimum Gasteiger partial charge on any atom is -0.389 e. The molecule has 1 amide bonds. The number of carbonyl (C=O) groups is 1. The normalized spacial score (nSPS) is 13.8. The van der Waals surface area contributed by atoms with Gasteiger partial charge < -0.3 is 16.2 Å². The molecule has 2 unspecified atom stereocenters. The lowest BCUT2D eigenvalue weighted by atomic mass is 10.1. The summed E-state index contributed by atoms with van der Waals surface area (Å²) in [6.45, 7) is 5.18. The maximum absolute atomic E-state index is 11.7. The Labute approximate surface area is 101 Å². The van der Waals surface area contributed by atoms with Crippen molar-refractivity contribution in [1.29, 1.82) is 0 Å². The Kier molecular flexibility index (Phi) is 4.87. The summed E-state index contributed by atoms with van der Waals surface area (Å²) in [5, 5.41) is 12.3. The van der Waals surface area contributed by atoms with E-state index in [1.165, 1.54) is 0 Å². The van der Waals surface area contributed by atoms with Crippen molar-refractivity contribution in [3.8, 4) is 0 Å². The average Bonchev–Trinajstić information content (AvgIpc) is 2.29. The van der Waals surface area contributed by atoms with Gasteiger partial charge in [-0.25, -0.2) is 0 Å². The number of benzene rings is 1. The third-order valence-electron chi connectivity index (χ3n) is 2.43. The molecule has 0 aliphatic heterocycles. The standard InChI is InChI=1S/C13H18N2O2/c1-3-6-11(14)13(17)15-12-8-5-4-7-10(12)9(2)16/h3-5,7-9,11,16H,1,6,14H2,2H3,(H,15,17). The van der Waals surface area contributed by atoms with Crippen LogP contribution < -0.4 is 11.1 Å². The molecule has 0 bridgehead atoms. The molecule has 0 aliphatic rings. The van der Waals surface area contributed by atoms with E-state index in [2.05, 4.69) is 11.9 Å². The number of amides is 1. The van der Waals surface area contributed by atoms with Gasteiger partial charge in [0.15, 0.2) is 0 Å². The molecule has 4 N–H and O–H groups in total. The summed E-state index contributed by atoms with van der Waals surface area (Å²) < 4.78 is 0. The van der Waals surface area contributed by atoms with Crippen LogP contribution in [0.1, 0.15) is 25.0 Å². The van der Waals surface area contributed by atoms with Crippen LogP contribution in [0.2, 0.25) is 0 Å². The van der Waals surface area contributed by atoms with Crippen LogP contribution in [0.4, 0.5) is 5.69 Å². The minimum absolute atomic E-state index is 0.280. The Morgan fingerprint density at radius 2 is 2.24 bits per heavy atom. The third kappa shape index (κ3) is 3.69. The summed E-state index contributed by atoms with van der Waals surface area (Å²) in [6, 6.07) is 6.48. The SMILES string of the molecule is C=CCC(N)C(=O)Nc1ccccc1C(C)O. The molecule has 0 radical (unpaired) electrons. The third-order valence-corrected chi connectivity index (χ3v) is 2.43. The minimum atomic E-state index is -0.637. The lowest BCUT2D eigenvalue weighted by Crippen LogP contribution is -2.35. The van der Waals surface area contributed by atoms with Crippen molar-refractivity contribution in [1.82, 2.24) is 0 Å². The topological polar surface area (TPSA) is 75.4 Å². The summed E-state index contributed by atoms with van der Waals surface area (Å²) in [7, 11) is 0. The van der Waals surface area contributed by atoms with Crippen LogP contribution in [0.3, 0.4) is 0 Å². The predicted octanol–water partition coefficient (Wildman–Crippen LogP) is 1.58. The van der Waals surface area contributed by atoms with Crippen molar-refractivity contribution in [2.24, 2.45) is 5.73 Å². The van der Waals surface area contributed by atoms with Crippen molar-refractivity contribution in [3.63, 3.8) is 0 Å². The fraction of sp³-hybridized carbons (Fsp3) is 0.308. The average molecular weight is 234 g/mol. The largest absolute Gasteiger partial charge is 0.389 e. The molecule has 0 fully saturated rings. The molecule has 0 aromatic heterocycles. The van der Waals surface area contributed by atoms with Crippen molar-refractivity contribution >= 4 is 11.6 Å². The lowest BCUT2D eigenvalue weighted by Gasteiger charge is -2.15. The summed E-state index contributed by atoms with van der Waals surface area (Å²) in [5.74, 6) is -0.280. The number of aliphatic hydroxyl groups excluding tert-OH is 1. The van der Waals surface area contributed by atoms with Gasteiger partial charge in [0, 0.05) is 11.3 Å². The van der Waals surface area contributed by atoms with Crippen LogP contribution >= 0.6 is 0 Å². The Balaban J connectivity index is 2.81. The molecule has 0 heterocycles. The Hall–Kier alpha value is -1.65. The maximum Gasteiger partial charge on any atom is 0.241 e. The second-order valence-electron chi connectivity index (χ2n) is 3.88. The molecule has 4 nitrogen and oxygen atoms in total. The van der Waals surface area contributed by atoms with Gasteiger partial charge in [-0.3, -0.25) is 4.79 Å². The number of rotatable bonds is 5. The van der Waals surface area contributed by atoms with E-state index in [1.807, 2.05) is 0 Å². The molecule has 17 heavy (non-hydrogen) atoms. The van der Waals surface area contributed by atoms with Gasteiger partial charge in [0.25, 0.3) is 0 Å². The van der Waals surface area contributed by atoms with Crippen molar-refractivity contribution in [3.05, 3.63) is 42.5 Å². The van der Waals surface area contributed by atoms with E-state index in [1.54, 1.807) is 37.3 Å². The van der Waals surface area contributed by atoms with E-state index < -0.39 is 12.1 Å². The first-order valence-electron chi connectivity index (χ1n) is 5.50. The number of para-hydroxylation sites is 1. The predicted molar refractivity (Wildman–Crippen MR) is 68.5 cm³/mol. The number of nitrogens with two attached hydrogens (primary N) is 1. The number of nitrogens with one attached hydrogen (secondary N) is 1. The van der Waals surface area contributed by atoms with Crippen LogP contribution in [-0.4, -0.2) is 17.1 Å². The van der Waals surface area contributed by atoms with E-state index in [0.29, 0.717) is 17.7 Å². The first-order valence-corrected chi connectivity index (χ1v) is 5.50. The second kappa shape index (κ2) is 6.18. The Morgan fingerprint density at radius 1 is 1.59 bits per heavy atom. The highest BCUT2D eigenvalue weighted by Gasteiger charge is 2.14. The smallest absolute Gasteiger partial charge is 0.241 e. The monoisotopic (exact) mass is 234 g/mol. The quantitative estimate of drug-likeness (QED) is 0.677. The van der Waals surface area contributed by atoms with Gasteiger partial charge in [0.2, 0.25) is 5.91 Å². The van der Waals surface area contributed by atoms with Gasteiger partial charge in [-0.15, -0.1) is 6.58 Å². The summed E-state index contributed by atoms with van der Waals surface area (Å²) in [6.07, 6.45) is 1.38. The van der Waals surface area contributed by atoms with E-state index in [-0.39, 0.29) is 5.91 Å². The highest BCUT2D eigenvalue weighted by Crippen LogP contribution is 2.22. The Bertz CT molecular complexity index is 402. The van der Waals surface area contributed by atoms with E-state index >= 15 is 0 Å². The first kappa shape index (κ1) is 13.4. The summed E-state index contributed by atoms with van der Waals surface area (Å²) in [5.41, 5.74) is 6.92. The molecular formula is C13H18N2O2. The highest BCUT2D eigenvalue weighted by atomic mass is 16.3. The van der Waals surface area contributed by atoms with Gasteiger partial charge in [0.05, 0.1) is 12.1 Å². The maximum atomic E-state index is 11.7. The molecule has 0 saturated carbocycles. The van der Waals surface area contributed by atoms with Gasteiger partial charge >= 0.3 is 0 Å². The van der Waals surface area contributed by atoms with Crippen molar-refractivity contribution < 1.29 is 9.90 Å². The molecule has 0 aliphatic carbocycles. The molecule has 0 spiro atoms. The molecule has 1 aromatic rings. The van der Waals surface area contributed by atoms with Crippen LogP contribution in [0, 0.1) is 0 Å². The van der Waals surface area contributed by atoms with Gasteiger partial charge in [-0.05, 0) is 19.4 Å². The van der Waals surface area contributed by atoms with E-state index in [4.69, 9.17) is 5.73 Å². The lowest BCUT2D eigenvalue weighted by molar-refractivity contribution is -0.117. The molecule has 92 valence electrons. The summed E-state index contributed by atoms with van der Waals surface area (Å²) in [4.78, 5) is 11.7. The molecule has 2 atom stereocenters. The van der Waals surface area contributed by atoms with Crippen LogP contribution in [0.25, 0.3) is 0 Å². The molecule has 1 aromatic carbocycles. The van der Waals surface area contributed by atoms with Crippen LogP contribution in [0.15, 0.2) is 36.9 Å². The number of carbonyl (C=O) groups excluding carboxylic acids is 1. The zero-order valence-electron chi connectivity index (χ0n) is 9.89. The Morgan fingerprint density at radius 3 is 2.82 bits per heavy atom. The molecule has 1 rings (SSSR count). The number of hydrogen-bond donors (Lipinski definition) is 3. The molecule has 0 saturated heterocycles. The fourth-order valence-corrected chi connectivity index (χ4v) is 1.49. The number of anilines is 1. The zero-order chi connectivity index (χ0) is 12.8. The molecular weight excluding hydrogens is 216 g/mol. The first-order chi connectivity index (χ1) is 8.06. The van der Waals surface area contributed by atoms with Crippen molar-refractivity contribution in [2.75, 3.05) is 5.32 Å². The number of aliphatic hydroxyl groups is 1. The fourth-order valence-electron chi connectivity index (χ4n) is 1.49. The summed E-state index contributed by atoms with van der Waals surface area (Å²) >= 11 is 0. The van der Waals surface area contributed by atoms with Crippen LogP contribution in [-0.2, 0) is 4.79 Å². The van der Waals surface area contributed by atoms with E-state index in [0.717, 1.165) is 0 Å².